The SMILES string of the molecule is O=c1ncnc(-c2ccc(-c3ccccc3)cc2)[nH]1. The lowest BCUT2D eigenvalue weighted by Gasteiger charge is -2.03. The van der Waals surface area contributed by atoms with E-state index in [4.69, 9.17) is 0 Å². The van der Waals surface area contributed by atoms with Crippen LogP contribution in [0.1, 0.15) is 0 Å². The van der Waals surface area contributed by atoms with E-state index in [0.29, 0.717) is 5.82 Å². The van der Waals surface area contributed by atoms with Crippen molar-refractivity contribution in [3.05, 3.63) is 71.4 Å². The van der Waals surface area contributed by atoms with Crippen molar-refractivity contribution in [2.24, 2.45) is 0 Å². The van der Waals surface area contributed by atoms with Crippen molar-refractivity contribution in [1.82, 2.24) is 15.0 Å². The second kappa shape index (κ2) is 4.86. The summed E-state index contributed by atoms with van der Waals surface area (Å²) in [5, 5.41) is 0. The Bertz CT molecular complexity index is 733. The van der Waals surface area contributed by atoms with Gasteiger partial charge in [-0.15, -0.1) is 0 Å². The molecule has 0 fully saturated rings. The fourth-order valence-electron chi connectivity index (χ4n) is 1.90. The van der Waals surface area contributed by atoms with Crippen molar-refractivity contribution in [1.29, 1.82) is 0 Å². The summed E-state index contributed by atoms with van der Waals surface area (Å²) in [4.78, 5) is 21.3. The van der Waals surface area contributed by atoms with E-state index < -0.39 is 5.69 Å². The van der Waals surface area contributed by atoms with Crippen LogP contribution in [0.15, 0.2) is 65.7 Å². The molecule has 0 atom stereocenters. The molecular weight excluding hydrogens is 238 g/mol. The van der Waals surface area contributed by atoms with Gasteiger partial charge in [0.2, 0.25) is 0 Å². The minimum atomic E-state index is -0.392. The first-order chi connectivity index (χ1) is 9.33. The molecule has 92 valence electrons. The van der Waals surface area contributed by atoms with Gasteiger partial charge in [-0.25, -0.2) is 9.78 Å². The Kier molecular flexibility index (Phi) is 2.90. The monoisotopic (exact) mass is 249 g/mol. The Morgan fingerprint density at radius 3 is 2.05 bits per heavy atom. The van der Waals surface area contributed by atoms with E-state index >= 15 is 0 Å². The molecule has 1 heterocycles. The highest BCUT2D eigenvalue weighted by Gasteiger charge is 2.01. The van der Waals surface area contributed by atoms with Gasteiger partial charge in [0.05, 0.1) is 0 Å². The van der Waals surface area contributed by atoms with Crippen molar-refractivity contribution in [3.63, 3.8) is 0 Å². The molecule has 0 bridgehead atoms. The summed E-state index contributed by atoms with van der Waals surface area (Å²) in [6.45, 7) is 0. The van der Waals surface area contributed by atoms with Crippen LogP contribution in [0.5, 0.6) is 0 Å². The summed E-state index contributed by atoms with van der Waals surface area (Å²) in [5.41, 5.74) is 2.75. The largest absolute Gasteiger partial charge is 0.348 e. The molecule has 4 nitrogen and oxygen atoms in total. The lowest BCUT2D eigenvalue weighted by Crippen LogP contribution is -2.11. The lowest BCUT2D eigenvalue weighted by atomic mass is 10.0. The summed E-state index contributed by atoms with van der Waals surface area (Å²) in [5.74, 6) is 0.527. The summed E-state index contributed by atoms with van der Waals surface area (Å²) < 4.78 is 0. The summed E-state index contributed by atoms with van der Waals surface area (Å²) in [6, 6.07) is 18.0. The number of aromatic amines is 1. The Balaban J connectivity index is 1.98. The van der Waals surface area contributed by atoms with Crippen molar-refractivity contribution >= 4 is 0 Å². The van der Waals surface area contributed by atoms with Gasteiger partial charge < -0.3 is 0 Å². The van der Waals surface area contributed by atoms with Gasteiger partial charge in [0, 0.05) is 5.56 Å². The second-order valence-corrected chi connectivity index (χ2v) is 4.10. The van der Waals surface area contributed by atoms with E-state index in [0.717, 1.165) is 16.7 Å². The highest BCUT2D eigenvalue weighted by molar-refractivity contribution is 5.67. The first-order valence-electron chi connectivity index (χ1n) is 5.90. The fraction of sp³-hybridized carbons (Fsp3) is 0. The molecule has 2 aromatic carbocycles. The van der Waals surface area contributed by atoms with Gasteiger partial charge in [-0.2, -0.15) is 4.98 Å². The Morgan fingerprint density at radius 1 is 0.737 bits per heavy atom. The Hall–Kier alpha value is -2.75. The number of H-pyrrole nitrogens is 1. The zero-order valence-electron chi connectivity index (χ0n) is 10.1. The molecule has 0 aliphatic heterocycles. The van der Waals surface area contributed by atoms with Crippen LogP contribution in [0.25, 0.3) is 22.5 Å². The van der Waals surface area contributed by atoms with Crippen molar-refractivity contribution in [3.8, 4) is 22.5 Å². The van der Waals surface area contributed by atoms with Gasteiger partial charge in [0.25, 0.3) is 0 Å². The first kappa shape index (κ1) is 11.3. The summed E-state index contributed by atoms with van der Waals surface area (Å²) in [6.07, 6.45) is 1.26. The molecular formula is C15H11N3O. The number of nitrogens with zero attached hydrogens (tertiary/aromatic N) is 2. The van der Waals surface area contributed by atoms with Crippen molar-refractivity contribution in [2.45, 2.75) is 0 Å². The number of aromatic nitrogens is 3. The summed E-state index contributed by atoms with van der Waals surface area (Å²) >= 11 is 0. The molecule has 1 aromatic heterocycles. The molecule has 1 N–H and O–H groups in total. The normalized spacial score (nSPS) is 10.3. The van der Waals surface area contributed by atoms with E-state index in [1.54, 1.807) is 0 Å². The molecule has 4 heteroatoms. The minimum Gasteiger partial charge on any atom is -0.290 e. The standard InChI is InChI=1S/C15H11N3O/c19-15-17-10-16-14(18-15)13-8-6-12(7-9-13)11-4-2-1-3-5-11/h1-10H,(H,16,17,18,19). The Morgan fingerprint density at radius 2 is 1.37 bits per heavy atom. The van der Waals surface area contributed by atoms with Gasteiger partial charge in [-0.1, -0.05) is 54.6 Å². The van der Waals surface area contributed by atoms with Gasteiger partial charge in [0.1, 0.15) is 12.2 Å². The molecule has 0 aliphatic carbocycles. The molecule has 0 amide bonds. The molecule has 0 saturated carbocycles. The maximum atomic E-state index is 11.1. The number of hydrogen-bond donors (Lipinski definition) is 1. The lowest BCUT2D eigenvalue weighted by molar-refractivity contribution is 0.994. The predicted octanol–water partition coefficient (Wildman–Crippen LogP) is 2.50. The first-order valence-corrected chi connectivity index (χ1v) is 5.90. The topological polar surface area (TPSA) is 58.6 Å². The van der Waals surface area contributed by atoms with Gasteiger partial charge in [-0.05, 0) is 11.1 Å². The van der Waals surface area contributed by atoms with E-state index in [9.17, 15) is 4.79 Å². The van der Waals surface area contributed by atoms with Crippen LogP contribution >= 0.6 is 0 Å². The highest BCUT2D eigenvalue weighted by Crippen LogP contribution is 2.22. The van der Waals surface area contributed by atoms with Crippen molar-refractivity contribution < 1.29 is 0 Å². The third-order valence-corrected chi connectivity index (χ3v) is 2.85. The van der Waals surface area contributed by atoms with Gasteiger partial charge >= 0.3 is 5.69 Å². The quantitative estimate of drug-likeness (QED) is 0.759. The number of nitrogens with one attached hydrogen (secondary N) is 1. The zero-order valence-corrected chi connectivity index (χ0v) is 10.1. The average Bonchev–Trinajstić information content (AvgIpc) is 2.48. The molecule has 3 aromatic rings. The van der Waals surface area contributed by atoms with Crippen LogP contribution in [-0.4, -0.2) is 15.0 Å². The van der Waals surface area contributed by atoms with Crippen molar-refractivity contribution in [2.75, 3.05) is 0 Å². The van der Waals surface area contributed by atoms with Crippen LogP contribution in [0.2, 0.25) is 0 Å². The van der Waals surface area contributed by atoms with E-state index in [1.165, 1.54) is 6.33 Å². The molecule has 0 saturated heterocycles. The van der Waals surface area contributed by atoms with E-state index in [1.807, 2.05) is 42.5 Å². The van der Waals surface area contributed by atoms with E-state index in [-0.39, 0.29) is 0 Å². The highest BCUT2D eigenvalue weighted by atomic mass is 16.1. The maximum Gasteiger partial charge on any atom is 0.348 e. The van der Waals surface area contributed by atoms with Crippen LogP contribution in [-0.2, 0) is 0 Å². The number of hydrogen-bond acceptors (Lipinski definition) is 3. The van der Waals surface area contributed by atoms with Crippen LogP contribution in [0.4, 0.5) is 0 Å². The Labute approximate surface area is 109 Å². The average molecular weight is 249 g/mol. The minimum absolute atomic E-state index is 0.392. The molecule has 0 radical (unpaired) electrons. The fourth-order valence-corrected chi connectivity index (χ4v) is 1.90. The van der Waals surface area contributed by atoms with Gasteiger partial charge in [-0.3, -0.25) is 4.98 Å². The zero-order chi connectivity index (χ0) is 13.1. The molecule has 0 unspecified atom stereocenters. The maximum absolute atomic E-state index is 11.1. The van der Waals surface area contributed by atoms with Gasteiger partial charge in [0.15, 0.2) is 0 Å². The molecule has 0 spiro atoms. The summed E-state index contributed by atoms with van der Waals surface area (Å²) in [7, 11) is 0. The van der Waals surface area contributed by atoms with Crippen LogP contribution in [0.3, 0.4) is 0 Å². The smallest absolute Gasteiger partial charge is 0.290 e. The van der Waals surface area contributed by atoms with E-state index in [2.05, 4.69) is 27.1 Å². The van der Waals surface area contributed by atoms with Crippen LogP contribution < -0.4 is 5.69 Å². The molecule has 0 aliphatic rings. The molecule has 3 rings (SSSR count). The molecule has 19 heavy (non-hydrogen) atoms. The second-order valence-electron chi connectivity index (χ2n) is 4.10. The third kappa shape index (κ3) is 2.42. The predicted molar refractivity (Wildman–Crippen MR) is 73.5 cm³/mol. The third-order valence-electron chi connectivity index (χ3n) is 2.85. The number of rotatable bonds is 2. The van der Waals surface area contributed by atoms with Crippen LogP contribution in [0, 0.1) is 0 Å². The number of benzene rings is 2.